The number of benzene rings is 1. The first-order valence-corrected chi connectivity index (χ1v) is 9.04. The van der Waals surface area contributed by atoms with Crippen molar-refractivity contribution in [3.8, 4) is 0 Å². The van der Waals surface area contributed by atoms with Crippen LogP contribution in [0.2, 0.25) is 0 Å². The van der Waals surface area contributed by atoms with E-state index in [1.165, 1.54) is 69.8 Å². The van der Waals surface area contributed by atoms with Crippen LogP contribution in [-0.2, 0) is 6.42 Å². The summed E-state index contributed by atoms with van der Waals surface area (Å²) in [6.07, 6.45) is 14.1. The maximum atomic E-state index is 9.77. The Bertz CT molecular complexity index is 341. The molecule has 0 heterocycles. The van der Waals surface area contributed by atoms with Crippen molar-refractivity contribution in [3.63, 3.8) is 0 Å². The van der Waals surface area contributed by atoms with Crippen LogP contribution in [0.15, 0.2) is 24.3 Å². The molecule has 0 aromatic heterocycles. The largest absolute Gasteiger partial charge is 0.388 e. The number of unbranched alkanes of at least 4 members (excludes halogenated alkanes) is 8. The van der Waals surface area contributed by atoms with Crippen molar-refractivity contribution >= 4 is 0 Å². The standard InChI is InChI=1S/C20H34O/c1-3-5-6-7-8-9-10-11-12-13-18-14-16-19(17-15-18)20(21)4-2/h14-17,20-21H,3-13H2,1-2H3. The minimum Gasteiger partial charge on any atom is -0.388 e. The van der Waals surface area contributed by atoms with Gasteiger partial charge in [-0.25, -0.2) is 0 Å². The van der Waals surface area contributed by atoms with E-state index in [2.05, 4.69) is 31.2 Å². The molecular formula is C20H34O. The van der Waals surface area contributed by atoms with Gasteiger partial charge in [0.05, 0.1) is 6.10 Å². The van der Waals surface area contributed by atoms with Gasteiger partial charge in [-0.05, 0) is 30.4 Å². The van der Waals surface area contributed by atoms with E-state index in [1.54, 1.807) is 0 Å². The topological polar surface area (TPSA) is 20.2 Å². The Balaban J connectivity index is 2.05. The van der Waals surface area contributed by atoms with Gasteiger partial charge >= 0.3 is 0 Å². The zero-order valence-corrected chi connectivity index (χ0v) is 14.1. The van der Waals surface area contributed by atoms with Crippen LogP contribution in [0.1, 0.15) is 95.3 Å². The molecule has 0 spiro atoms. The van der Waals surface area contributed by atoms with Crippen molar-refractivity contribution in [2.24, 2.45) is 0 Å². The van der Waals surface area contributed by atoms with Crippen LogP contribution >= 0.6 is 0 Å². The summed E-state index contributed by atoms with van der Waals surface area (Å²) in [6, 6.07) is 8.52. The highest BCUT2D eigenvalue weighted by atomic mass is 16.3. The third kappa shape index (κ3) is 8.26. The molecule has 0 bridgehead atoms. The first kappa shape index (κ1) is 18.2. The molecule has 0 fully saturated rings. The van der Waals surface area contributed by atoms with Crippen LogP contribution in [0.3, 0.4) is 0 Å². The zero-order chi connectivity index (χ0) is 15.3. The van der Waals surface area contributed by atoms with Crippen LogP contribution in [0, 0.1) is 0 Å². The summed E-state index contributed by atoms with van der Waals surface area (Å²) in [5.74, 6) is 0. The molecule has 0 saturated heterocycles. The Kier molecular flexibility index (Phi) is 10.2. The molecule has 0 aliphatic heterocycles. The molecule has 1 unspecified atom stereocenters. The van der Waals surface area contributed by atoms with Crippen molar-refractivity contribution in [3.05, 3.63) is 35.4 Å². The first-order valence-electron chi connectivity index (χ1n) is 9.04. The number of aliphatic hydroxyl groups is 1. The lowest BCUT2D eigenvalue weighted by molar-refractivity contribution is 0.173. The van der Waals surface area contributed by atoms with E-state index >= 15 is 0 Å². The predicted octanol–water partition coefficient (Wildman–Crippen LogP) is 6.20. The van der Waals surface area contributed by atoms with Gasteiger partial charge in [-0.1, -0.05) is 89.5 Å². The molecule has 1 rings (SSSR count). The van der Waals surface area contributed by atoms with Gasteiger partial charge in [-0.2, -0.15) is 0 Å². The van der Waals surface area contributed by atoms with Crippen LogP contribution in [-0.4, -0.2) is 5.11 Å². The van der Waals surface area contributed by atoms with Gasteiger partial charge < -0.3 is 5.11 Å². The lowest BCUT2D eigenvalue weighted by Crippen LogP contribution is -1.95. The van der Waals surface area contributed by atoms with Gasteiger partial charge in [0.1, 0.15) is 0 Å². The Morgan fingerprint density at radius 1 is 0.762 bits per heavy atom. The molecule has 0 radical (unpaired) electrons. The highest BCUT2D eigenvalue weighted by Gasteiger charge is 2.03. The van der Waals surface area contributed by atoms with E-state index in [1.807, 2.05) is 6.92 Å². The third-order valence-corrected chi connectivity index (χ3v) is 4.32. The highest BCUT2D eigenvalue weighted by molar-refractivity contribution is 5.24. The number of rotatable bonds is 12. The second-order valence-corrected chi connectivity index (χ2v) is 6.24. The van der Waals surface area contributed by atoms with E-state index in [0.29, 0.717) is 0 Å². The first-order chi connectivity index (χ1) is 10.3. The van der Waals surface area contributed by atoms with Gasteiger partial charge in [-0.15, -0.1) is 0 Å². The second kappa shape index (κ2) is 11.8. The lowest BCUT2D eigenvalue weighted by atomic mass is 10.0. The predicted molar refractivity (Wildman–Crippen MR) is 92.6 cm³/mol. The minimum atomic E-state index is -0.299. The molecule has 1 aromatic carbocycles. The fraction of sp³-hybridized carbons (Fsp3) is 0.700. The number of aliphatic hydroxyl groups excluding tert-OH is 1. The molecule has 1 nitrogen and oxygen atoms in total. The summed E-state index contributed by atoms with van der Waals surface area (Å²) in [4.78, 5) is 0. The molecule has 0 saturated carbocycles. The summed E-state index contributed by atoms with van der Waals surface area (Å²) < 4.78 is 0. The minimum absolute atomic E-state index is 0.299. The van der Waals surface area contributed by atoms with Crippen LogP contribution in [0.5, 0.6) is 0 Å². The molecule has 1 atom stereocenters. The van der Waals surface area contributed by atoms with Crippen molar-refractivity contribution in [2.75, 3.05) is 0 Å². The van der Waals surface area contributed by atoms with Crippen LogP contribution in [0.25, 0.3) is 0 Å². The average molecular weight is 290 g/mol. The summed E-state index contributed by atoms with van der Waals surface area (Å²) in [6.45, 7) is 4.29. The monoisotopic (exact) mass is 290 g/mol. The molecule has 0 aliphatic rings. The van der Waals surface area contributed by atoms with Crippen molar-refractivity contribution in [2.45, 2.75) is 90.6 Å². The fourth-order valence-electron chi connectivity index (χ4n) is 2.78. The maximum absolute atomic E-state index is 9.77. The summed E-state index contributed by atoms with van der Waals surface area (Å²) in [5.41, 5.74) is 2.46. The molecular weight excluding hydrogens is 256 g/mol. The van der Waals surface area contributed by atoms with Gasteiger partial charge in [0, 0.05) is 0 Å². The SMILES string of the molecule is CCCCCCCCCCCc1ccc(C(O)CC)cc1. The van der Waals surface area contributed by atoms with E-state index in [0.717, 1.165) is 12.0 Å². The van der Waals surface area contributed by atoms with Gasteiger partial charge in [0.2, 0.25) is 0 Å². The molecule has 120 valence electrons. The summed E-state index contributed by atoms with van der Waals surface area (Å²) in [5, 5.41) is 9.77. The second-order valence-electron chi connectivity index (χ2n) is 6.24. The number of hydrogen-bond acceptors (Lipinski definition) is 1. The van der Waals surface area contributed by atoms with Crippen LogP contribution in [0.4, 0.5) is 0 Å². The Hall–Kier alpha value is -0.820. The summed E-state index contributed by atoms with van der Waals surface area (Å²) >= 11 is 0. The Labute approximate surface area is 131 Å². The Morgan fingerprint density at radius 2 is 1.29 bits per heavy atom. The van der Waals surface area contributed by atoms with Gasteiger partial charge in [0.15, 0.2) is 0 Å². The highest BCUT2D eigenvalue weighted by Crippen LogP contribution is 2.18. The quantitative estimate of drug-likeness (QED) is 0.454. The van der Waals surface area contributed by atoms with Crippen LogP contribution < -0.4 is 0 Å². The lowest BCUT2D eigenvalue weighted by Gasteiger charge is -2.09. The number of hydrogen-bond donors (Lipinski definition) is 1. The molecule has 0 amide bonds. The molecule has 21 heavy (non-hydrogen) atoms. The molecule has 1 heteroatoms. The maximum Gasteiger partial charge on any atom is 0.0787 e. The fourth-order valence-corrected chi connectivity index (χ4v) is 2.78. The van der Waals surface area contributed by atoms with Crippen molar-refractivity contribution in [1.29, 1.82) is 0 Å². The molecule has 1 N–H and O–H groups in total. The Morgan fingerprint density at radius 3 is 1.81 bits per heavy atom. The van der Waals surface area contributed by atoms with Crippen molar-refractivity contribution < 1.29 is 5.11 Å². The van der Waals surface area contributed by atoms with E-state index in [-0.39, 0.29) is 6.10 Å². The zero-order valence-electron chi connectivity index (χ0n) is 14.1. The molecule has 1 aromatic rings. The van der Waals surface area contributed by atoms with Gasteiger partial charge in [-0.3, -0.25) is 0 Å². The number of aryl methyl sites for hydroxylation is 1. The van der Waals surface area contributed by atoms with E-state index in [9.17, 15) is 5.11 Å². The molecule has 0 aliphatic carbocycles. The van der Waals surface area contributed by atoms with E-state index in [4.69, 9.17) is 0 Å². The summed E-state index contributed by atoms with van der Waals surface area (Å²) in [7, 11) is 0. The van der Waals surface area contributed by atoms with Gasteiger partial charge in [0.25, 0.3) is 0 Å². The normalized spacial score (nSPS) is 12.5. The smallest absolute Gasteiger partial charge is 0.0787 e. The third-order valence-electron chi connectivity index (χ3n) is 4.32. The van der Waals surface area contributed by atoms with E-state index < -0.39 is 0 Å². The average Bonchev–Trinajstić information content (AvgIpc) is 2.53. The van der Waals surface area contributed by atoms with Crippen molar-refractivity contribution in [1.82, 2.24) is 0 Å².